The van der Waals surface area contributed by atoms with E-state index in [1.165, 1.54) is 0 Å². The highest BCUT2D eigenvalue weighted by atomic mass is 16.5. The second kappa shape index (κ2) is 5.41. The van der Waals surface area contributed by atoms with Gasteiger partial charge in [0.15, 0.2) is 0 Å². The van der Waals surface area contributed by atoms with Gasteiger partial charge in [-0.2, -0.15) is 0 Å². The minimum Gasteiger partial charge on any atom is -0.397 e. The van der Waals surface area contributed by atoms with Gasteiger partial charge in [-0.15, -0.1) is 0 Å². The maximum Gasteiger partial charge on any atom is 0.270 e. The van der Waals surface area contributed by atoms with E-state index in [4.69, 9.17) is 15.6 Å². The maximum absolute atomic E-state index is 12.4. The van der Waals surface area contributed by atoms with Gasteiger partial charge in [-0.3, -0.25) is 4.79 Å². The lowest BCUT2D eigenvalue weighted by Gasteiger charge is -2.32. The lowest BCUT2D eigenvalue weighted by atomic mass is 10.2. The fourth-order valence-corrected chi connectivity index (χ4v) is 2.15. The molecule has 100 valence electrons. The summed E-state index contributed by atoms with van der Waals surface area (Å²) in [5.74, 6) is -0.0599. The summed E-state index contributed by atoms with van der Waals surface area (Å²) in [6.07, 6.45) is 1.47. The summed E-state index contributed by atoms with van der Waals surface area (Å²) in [6.45, 7) is 4.02. The van der Waals surface area contributed by atoms with Crippen LogP contribution in [0.5, 0.6) is 0 Å². The summed E-state index contributed by atoms with van der Waals surface area (Å²) < 4.78 is 7.16. The van der Waals surface area contributed by atoms with Crippen LogP contribution in [0.4, 0.5) is 5.69 Å². The predicted octanol–water partition coefficient (Wildman–Crippen LogP) is -0.0765. The standard InChI is InChI=1S/C12H19N3O3/c1-2-14-6-9(13)5-11(14)12(17)15-3-4-18-10(7-15)8-16/h5-6,10,16H,2-4,7-8,13H2,1H3. The topological polar surface area (TPSA) is 80.7 Å². The van der Waals surface area contributed by atoms with Crippen LogP contribution >= 0.6 is 0 Å². The maximum atomic E-state index is 12.4. The van der Waals surface area contributed by atoms with Crippen LogP contribution in [0.2, 0.25) is 0 Å². The van der Waals surface area contributed by atoms with Crippen LogP contribution in [-0.2, 0) is 11.3 Å². The van der Waals surface area contributed by atoms with Crippen LogP contribution in [-0.4, -0.2) is 52.9 Å². The first kappa shape index (κ1) is 12.9. The average Bonchev–Trinajstić information content (AvgIpc) is 2.79. The monoisotopic (exact) mass is 253 g/mol. The van der Waals surface area contributed by atoms with Gasteiger partial charge in [-0.25, -0.2) is 0 Å². The van der Waals surface area contributed by atoms with Gasteiger partial charge < -0.3 is 25.0 Å². The molecule has 0 radical (unpaired) electrons. The molecule has 1 saturated heterocycles. The van der Waals surface area contributed by atoms with Crippen molar-refractivity contribution in [2.75, 3.05) is 32.0 Å². The Balaban J connectivity index is 2.14. The van der Waals surface area contributed by atoms with E-state index in [1.54, 1.807) is 17.2 Å². The number of aliphatic hydroxyl groups is 1. The largest absolute Gasteiger partial charge is 0.397 e. The fourth-order valence-electron chi connectivity index (χ4n) is 2.15. The van der Waals surface area contributed by atoms with Gasteiger partial charge in [0.05, 0.1) is 25.0 Å². The van der Waals surface area contributed by atoms with Gasteiger partial charge in [-0.05, 0) is 13.0 Å². The molecule has 0 bridgehead atoms. The molecule has 1 fully saturated rings. The highest BCUT2D eigenvalue weighted by Gasteiger charge is 2.26. The molecule has 0 aromatic carbocycles. The van der Waals surface area contributed by atoms with Crippen molar-refractivity contribution in [3.8, 4) is 0 Å². The molecule has 2 heterocycles. The zero-order valence-corrected chi connectivity index (χ0v) is 10.5. The average molecular weight is 253 g/mol. The molecule has 1 atom stereocenters. The van der Waals surface area contributed by atoms with Crippen molar-refractivity contribution in [1.82, 2.24) is 9.47 Å². The van der Waals surface area contributed by atoms with Crippen LogP contribution in [0.1, 0.15) is 17.4 Å². The van der Waals surface area contributed by atoms with E-state index in [-0.39, 0.29) is 18.6 Å². The highest BCUT2D eigenvalue weighted by Crippen LogP contribution is 2.15. The van der Waals surface area contributed by atoms with Crippen LogP contribution in [0.25, 0.3) is 0 Å². The lowest BCUT2D eigenvalue weighted by Crippen LogP contribution is -2.47. The quantitative estimate of drug-likeness (QED) is 0.789. The Labute approximate surface area is 106 Å². The summed E-state index contributed by atoms with van der Waals surface area (Å²) >= 11 is 0. The van der Waals surface area contributed by atoms with Gasteiger partial charge >= 0.3 is 0 Å². The predicted molar refractivity (Wildman–Crippen MR) is 67.2 cm³/mol. The van der Waals surface area contributed by atoms with Gasteiger partial charge in [0.2, 0.25) is 0 Å². The van der Waals surface area contributed by atoms with E-state index in [2.05, 4.69) is 0 Å². The van der Waals surface area contributed by atoms with E-state index in [1.807, 2.05) is 11.5 Å². The van der Waals surface area contributed by atoms with Gasteiger partial charge in [0.1, 0.15) is 5.69 Å². The van der Waals surface area contributed by atoms with Crippen LogP contribution in [0.15, 0.2) is 12.3 Å². The number of amides is 1. The third-order valence-corrected chi connectivity index (χ3v) is 3.11. The number of carbonyl (C=O) groups excluding carboxylic acids is 1. The number of hydrogen-bond acceptors (Lipinski definition) is 4. The van der Waals surface area contributed by atoms with E-state index < -0.39 is 0 Å². The van der Waals surface area contributed by atoms with Gasteiger partial charge in [0, 0.05) is 25.8 Å². The Bertz CT molecular complexity index is 430. The fraction of sp³-hybridized carbons (Fsp3) is 0.583. The second-order valence-corrected chi connectivity index (χ2v) is 4.37. The van der Waals surface area contributed by atoms with Crippen molar-refractivity contribution in [1.29, 1.82) is 0 Å². The number of aryl methyl sites for hydroxylation is 1. The molecule has 1 aromatic heterocycles. The molecule has 0 aliphatic carbocycles. The van der Waals surface area contributed by atoms with Crippen LogP contribution < -0.4 is 5.73 Å². The molecule has 1 unspecified atom stereocenters. The second-order valence-electron chi connectivity index (χ2n) is 4.37. The zero-order chi connectivity index (χ0) is 13.1. The van der Waals surface area contributed by atoms with Crippen molar-refractivity contribution < 1.29 is 14.6 Å². The number of nitrogens with zero attached hydrogens (tertiary/aromatic N) is 2. The molecule has 0 spiro atoms. The number of nitrogens with two attached hydrogens (primary N) is 1. The summed E-state index contributed by atoms with van der Waals surface area (Å²) in [5.41, 5.74) is 6.90. The number of carbonyl (C=O) groups is 1. The molecule has 1 amide bonds. The highest BCUT2D eigenvalue weighted by molar-refractivity contribution is 5.94. The molecular weight excluding hydrogens is 234 g/mol. The summed E-state index contributed by atoms with van der Waals surface area (Å²) in [5, 5.41) is 9.08. The molecule has 0 saturated carbocycles. The van der Waals surface area contributed by atoms with Crippen LogP contribution in [0.3, 0.4) is 0 Å². The minimum absolute atomic E-state index is 0.0599. The third-order valence-electron chi connectivity index (χ3n) is 3.11. The molecule has 18 heavy (non-hydrogen) atoms. The Kier molecular flexibility index (Phi) is 3.88. The van der Waals surface area contributed by atoms with Gasteiger partial charge in [0.25, 0.3) is 5.91 Å². The number of rotatable bonds is 3. The third kappa shape index (κ3) is 2.49. The molecule has 1 aromatic rings. The van der Waals surface area contributed by atoms with Crippen molar-refractivity contribution in [2.24, 2.45) is 0 Å². The van der Waals surface area contributed by atoms with Crippen LogP contribution in [0, 0.1) is 0 Å². The van der Waals surface area contributed by atoms with E-state index >= 15 is 0 Å². The molecule has 3 N–H and O–H groups in total. The van der Waals surface area contributed by atoms with E-state index in [0.717, 1.165) is 0 Å². The number of hydrogen-bond donors (Lipinski definition) is 2. The molecule has 6 nitrogen and oxygen atoms in total. The first-order chi connectivity index (χ1) is 8.65. The number of anilines is 1. The summed E-state index contributed by atoms with van der Waals surface area (Å²) in [6, 6.07) is 1.69. The molecule has 6 heteroatoms. The van der Waals surface area contributed by atoms with Crippen molar-refractivity contribution in [3.05, 3.63) is 18.0 Å². The minimum atomic E-state index is -0.287. The normalized spacial score (nSPS) is 20.1. The van der Waals surface area contributed by atoms with Crippen molar-refractivity contribution in [3.63, 3.8) is 0 Å². The smallest absolute Gasteiger partial charge is 0.270 e. The zero-order valence-electron chi connectivity index (χ0n) is 10.5. The molecule has 2 rings (SSSR count). The molecule has 1 aliphatic rings. The first-order valence-electron chi connectivity index (χ1n) is 6.13. The van der Waals surface area contributed by atoms with Crippen molar-refractivity contribution in [2.45, 2.75) is 19.6 Å². The SMILES string of the molecule is CCn1cc(N)cc1C(=O)N1CCOC(CO)C1. The Morgan fingerprint density at radius 3 is 3.11 bits per heavy atom. The summed E-state index contributed by atoms with van der Waals surface area (Å²) in [4.78, 5) is 14.1. The number of nitrogen functional groups attached to an aromatic ring is 1. The van der Waals surface area contributed by atoms with E-state index in [9.17, 15) is 4.79 Å². The summed E-state index contributed by atoms with van der Waals surface area (Å²) in [7, 11) is 0. The van der Waals surface area contributed by atoms with Gasteiger partial charge in [-0.1, -0.05) is 0 Å². The number of ether oxygens (including phenoxy) is 1. The van der Waals surface area contributed by atoms with Crippen molar-refractivity contribution >= 4 is 11.6 Å². The lowest BCUT2D eigenvalue weighted by molar-refractivity contribution is -0.0449. The number of aromatic nitrogens is 1. The molecule has 1 aliphatic heterocycles. The Morgan fingerprint density at radius 1 is 1.67 bits per heavy atom. The first-order valence-corrected chi connectivity index (χ1v) is 6.13. The number of aliphatic hydroxyl groups excluding tert-OH is 1. The Hall–Kier alpha value is -1.53. The Morgan fingerprint density at radius 2 is 2.44 bits per heavy atom. The molecular formula is C12H19N3O3. The van der Waals surface area contributed by atoms with E-state index in [0.29, 0.717) is 37.6 Å². The number of morpholine rings is 1.